The van der Waals surface area contributed by atoms with E-state index in [2.05, 4.69) is 15.3 Å². The molecule has 2 N–H and O–H groups in total. The van der Waals surface area contributed by atoms with Crippen LogP contribution in [0.5, 0.6) is 0 Å². The topological polar surface area (TPSA) is 99.3 Å². The van der Waals surface area contributed by atoms with Gasteiger partial charge in [0, 0.05) is 37.1 Å². The molecule has 0 saturated heterocycles. The molecule has 39 heavy (non-hydrogen) atoms. The summed E-state index contributed by atoms with van der Waals surface area (Å²) in [6.07, 6.45) is -7.65. The number of rotatable bonds is 5. The van der Waals surface area contributed by atoms with Crippen molar-refractivity contribution in [2.24, 2.45) is 4.99 Å². The van der Waals surface area contributed by atoms with E-state index < -0.39 is 58.5 Å². The van der Waals surface area contributed by atoms with Crippen LogP contribution in [0.2, 0.25) is 0 Å². The van der Waals surface area contributed by atoms with E-state index in [-0.39, 0.29) is 18.3 Å². The molecule has 2 unspecified atom stereocenters. The fraction of sp³-hybridized carbons (Fsp3) is 0.280. The zero-order chi connectivity index (χ0) is 28.1. The normalized spacial score (nSPS) is 18.3. The smallest absolute Gasteiger partial charge is 0.417 e. The van der Waals surface area contributed by atoms with Crippen LogP contribution in [0.25, 0.3) is 5.65 Å². The summed E-state index contributed by atoms with van der Waals surface area (Å²) in [6, 6.07) is 4.26. The van der Waals surface area contributed by atoms with Gasteiger partial charge in [-0.2, -0.15) is 26.3 Å². The molecule has 0 amide bonds. The number of benzene rings is 1. The number of alkyl halides is 6. The van der Waals surface area contributed by atoms with E-state index in [1.165, 1.54) is 6.08 Å². The van der Waals surface area contributed by atoms with Gasteiger partial charge in [-0.25, -0.2) is 9.78 Å². The Kier molecular flexibility index (Phi) is 6.45. The predicted octanol–water partition coefficient (Wildman–Crippen LogP) is 4.24. The molecule has 0 fully saturated rings. The van der Waals surface area contributed by atoms with Gasteiger partial charge < -0.3 is 10.0 Å². The van der Waals surface area contributed by atoms with Crippen LogP contribution in [0.3, 0.4) is 0 Å². The lowest BCUT2D eigenvalue weighted by Gasteiger charge is -2.29. The third kappa shape index (κ3) is 5.11. The number of carboxylic acids is 1. The zero-order valence-electron chi connectivity index (χ0n) is 19.8. The number of nitrogens with zero attached hydrogens (tertiary/aromatic N) is 4. The van der Waals surface area contributed by atoms with E-state index in [1.54, 1.807) is 17.0 Å². The second kappa shape index (κ2) is 9.52. The van der Waals surface area contributed by atoms with Gasteiger partial charge in [0.2, 0.25) is 0 Å². The average Bonchev–Trinajstić information content (AvgIpc) is 3.30. The van der Waals surface area contributed by atoms with E-state index in [4.69, 9.17) is 0 Å². The molecule has 0 bridgehead atoms. The first-order chi connectivity index (χ1) is 18.3. The first-order valence-corrected chi connectivity index (χ1v) is 11.6. The largest absolute Gasteiger partial charge is 0.477 e. The first-order valence-electron chi connectivity index (χ1n) is 11.6. The highest BCUT2D eigenvalue weighted by molar-refractivity contribution is 6.38. The number of carboxylic acid groups (broad SMARTS) is 1. The molecule has 2 atom stereocenters. The lowest BCUT2D eigenvalue weighted by atomic mass is 10.00. The number of hydrogen-bond acceptors (Lipinski definition) is 6. The van der Waals surface area contributed by atoms with Crippen molar-refractivity contribution in [1.29, 1.82) is 0 Å². The molecule has 2 aliphatic heterocycles. The maximum absolute atomic E-state index is 14.5. The predicted molar refractivity (Wildman–Crippen MR) is 127 cm³/mol. The number of hydrogen-bond donors (Lipinski definition) is 2. The number of aromatic nitrogens is 2. The van der Waals surface area contributed by atoms with Gasteiger partial charge in [0.05, 0.1) is 11.6 Å². The molecule has 8 nitrogen and oxygen atoms in total. The molecule has 204 valence electrons. The van der Waals surface area contributed by atoms with Crippen molar-refractivity contribution >= 4 is 23.1 Å². The lowest BCUT2D eigenvalue weighted by Crippen LogP contribution is -2.47. The molecule has 4 heterocycles. The summed E-state index contributed by atoms with van der Waals surface area (Å²) in [5, 5.41) is 11.5. The van der Waals surface area contributed by atoms with Gasteiger partial charge in [-0.1, -0.05) is 30.3 Å². The highest BCUT2D eigenvalue weighted by atomic mass is 19.4. The van der Waals surface area contributed by atoms with Crippen molar-refractivity contribution in [2.45, 2.75) is 43.9 Å². The summed E-state index contributed by atoms with van der Waals surface area (Å²) in [6.45, 7) is 0.588. The summed E-state index contributed by atoms with van der Waals surface area (Å²) in [4.78, 5) is 34.0. The van der Waals surface area contributed by atoms with Gasteiger partial charge in [0.25, 0.3) is 5.56 Å². The molecule has 0 aliphatic carbocycles. The Morgan fingerprint density at radius 1 is 1.08 bits per heavy atom. The minimum absolute atomic E-state index is 0.00785. The van der Waals surface area contributed by atoms with E-state index >= 15 is 0 Å². The van der Waals surface area contributed by atoms with Crippen LogP contribution in [-0.4, -0.2) is 38.4 Å². The van der Waals surface area contributed by atoms with Crippen LogP contribution < -0.4 is 15.8 Å². The second-order valence-corrected chi connectivity index (χ2v) is 9.09. The van der Waals surface area contributed by atoms with Gasteiger partial charge in [-0.05, 0) is 23.6 Å². The lowest BCUT2D eigenvalue weighted by molar-refractivity contribution is -0.159. The summed E-state index contributed by atoms with van der Waals surface area (Å²) in [7, 11) is 0. The number of nitrogens with one attached hydrogen (secondary N) is 1. The fourth-order valence-corrected chi connectivity index (χ4v) is 4.69. The van der Waals surface area contributed by atoms with Crippen LogP contribution in [0.15, 0.2) is 64.7 Å². The van der Waals surface area contributed by atoms with Crippen molar-refractivity contribution < 1.29 is 36.2 Å². The van der Waals surface area contributed by atoms with Gasteiger partial charge in [0.15, 0.2) is 0 Å². The summed E-state index contributed by atoms with van der Waals surface area (Å²) < 4.78 is 85.0. The summed E-state index contributed by atoms with van der Waals surface area (Å²) in [5.41, 5.74) is -2.94. The summed E-state index contributed by atoms with van der Waals surface area (Å²) >= 11 is 0. The standard InChI is InChI=1S/C25H19F6N5O3/c26-24(27,28)15-8-16(21(25(29,30)31)33-17-6-3-7-32-20(17)23(38)39)22-34-18(9-19(37)36(22)12-15)35-10-13-4-1-2-5-14(13)11-35/h1-5,7-9,12,17,21,33H,6,10-11H2,(H,38,39). The Morgan fingerprint density at radius 2 is 1.74 bits per heavy atom. The van der Waals surface area contributed by atoms with Gasteiger partial charge in [0.1, 0.15) is 23.2 Å². The van der Waals surface area contributed by atoms with Gasteiger partial charge >= 0.3 is 18.3 Å². The van der Waals surface area contributed by atoms with Crippen molar-refractivity contribution in [3.05, 3.63) is 87.5 Å². The van der Waals surface area contributed by atoms with E-state index in [0.29, 0.717) is 23.7 Å². The molecule has 3 aromatic rings. The molecule has 2 aromatic heterocycles. The van der Waals surface area contributed by atoms with Crippen molar-refractivity contribution in [3.8, 4) is 0 Å². The Morgan fingerprint density at radius 3 is 2.33 bits per heavy atom. The minimum Gasteiger partial charge on any atom is -0.477 e. The third-order valence-corrected chi connectivity index (χ3v) is 6.51. The highest BCUT2D eigenvalue weighted by Gasteiger charge is 2.46. The molecular formula is C25H19F6N5O3. The van der Waals surface area contributed by atoms with E-state index in [1.807, 2.05) is 12.1 Å². The maximum Gasteiger partial charge on any atom is 0.417 e. The maximum atomic E-state index is 14.5. The fourth-order valence-electron chi connectivity index (χ4n) is 4.69. The Bertz CT molecular complexity index is 1550. The van der Waals surface area contributed by atoms with Crippen molar-refractivity contribution in [1.82, 2.24) is 14.7 Å². The quantitative estimate of drug-likeness (QED) is 0.461. The molecule has 14 heteroatoms. The van der Waals surface area contributed by atoms with E-state index in [9.17, 15) is 41.0 Å². The SMILES string of the molecule is O=C(O)C1=NC=CCC1NC(c1cc(C(F)(F)F)cn2c(=O)cc(N3Cc4ccccc4C3)nc12)C(F)(F)F. The van der Waals surface area contributed by atoms with Crippen LogP contribution in [0.4, 0.5) is 32.2 Å². The number of anilines is 1. The second-order valence-electron chi connectivity index (χ2n) is 9.09. The molecule has 0 saturated carbocycles. The molecule has 0 radical (unpaired) electrons. The van der Waals surface area contributed by atoms with Gasteiger partial charge in [-0.15, -0.1) is 0 Å². The first kappa shape index (κ1) is 26.4. The zero-order valence-corrected chi connectivity index (χ0v) is 19.8. The molecule has 1 aromatic carbocycles. The number of pyridine rings is 1. The number of aliphatic carboxylic acids is 1. The van der Waals surface area contributed by atoms with Crippen LogP contribution in [0, 0.1) is 0 Å². The number of fused-ring (bicyclic) bond motifs is 2. The number of aliphatic imine (C=N–C) groups is 1. The Balaban J connectivity index is 1.68. The molecule has 2 aliphatic rings. The van der Waals surface area contributed by atoms with Gasteiger partial charge in [-0.3, -0.25) is 19.5 Å². The minimum atomic E-state index is -5.20. The van der Waals surface area contributed by atoms with Crippen molar-refractivity contribution in [2.75, 3.05) is 4.90 Å². The van der Waals surface area contributed by atoms with Crippen LogP contribution >= 0.6 is 0 Å². The van der Waals surface area contributed by atoms with E-state index in [0.717, 1.165) is 23.4 Å². The summed E-state index contributed by atoms with van der Waals surface area (Å²) in [5.74, 6) is -1.59. The van der Waals surface area contributed by atoms with Crippen LogP contribution in [0.1, 0.15) is 34.7 Å². The monoisotopic (exact) mass is 551 g/mol. The molecule has 5 rings (SSSR count). The van der Waals surface area contributed by atoms with Crippen LogP contribution in [-0.2, 0) is 24.1 Å². The molecular weight excluding hydrogens is 532 g/mol. The van der Waals surface area contributed by atoms with Crippen molar-refractivity contribution in [3.63, 3.8) is 0 Å². The number of halogens is 6. The number of carbonyl (C=O) groups is 1. The Hall–Kier alpha value is -4.20. The Labute approximate surface area is 215 Å². The highest BCUT2D eigenvalue weighted by Crippen LogP contribution is 2.39. The third-order valence-electron chi connectivity index (χ3n) is 6.51. The average molecular weight is 551 g/mol. The molecule has 0 spiro atoms.